The molecular weight excluding hydrogens is 313 g/mol. The maximum Gasteiger partial charge on any atom is 0.212 e. The van der Waals surface area contributed by atoms with Gasteiger partial charge in [0, 0.05) is 11.4 Å². The summed E-state index contributed by atoms with van der Waals surface area (Å²) in [4.78, 5) is 0.973. The number of hydrogen-bond donors (Lipinski definition) is 1. The maximum atomic E-state index is 12.7. The Morgan fingerprint density at radius 3 is 2.62 bits per heavy atom. The third kappa shape index (κ3) is 5.82. The standard InChI is InChI=1S/C14H16FNO3S2/c15-12-4-6-13(7-5-12)19-8-2-10-21(17,18)16-11-14-3-1-9-20-14/h1,3-7,9,16H,2,8,10-11H2. The van der Waals surface area contributed by atoms with Crippen LogP contribution >= 0.6 is 11.3 Å². The number of halogens is 1. The third-order valence-electron chi connectivity index (χ3n) is 2.69. The molecule has 0 saturated carbocycles. The second-order valence-corrected chi connectivity index (χ2v) is 7.33. The summed E-state index contributed by atoms with van der Waals surface area (Å²) in [7, 11) is -3.30. The number of thiophene rings is 1. The summed E-state index contributed by atoms with van der Waals surface area (Å²) in [6, 6.07) is 9.39. The molecule has 0 radical (unpaired) electrons. The molecule has 0 aliphatic heterocycles. The van der Waals surface area contributed by atoms with Gasteiger partial charge in [-0.05, 0) is 42.1 Å². The van der Waals surface area contributed by atoms with Crippen LogP contribution in [0.1, 0.15) is 11.3 Å². The molecule has 0 saturated heterocycles. The lowest BCUT2D eigenvalue weighted by Gasteiger charge is -2.07. The molecular formula is C14H16FNO3S2. The molecule has 1 aromatic carbocycles. The summed E-state index contributed by atoms with van der Waals surface area (Å²) in [5.74, 6) is 0.197. The molecule has 0 atom stereocenters. The normalized spacial score (nSPS) is 11.5. The molecule has 0 fully saturated rings. The molecule has 4 nitrogen and oxygen atoms in total. The second kappa shape index (κ2) is 7.53. The predicted octanol–water partition coefficient (Wildman–Crippen LogP) is 2.78. The molecule has 0 amide bonds. The molecule has 2 rings (SSSR count). The number of rotatable bonds is 8. The Morgan fingerprint density at radius 2 is 1.95 bits per heavy atom. The summed E-state index contributed by atoms with van der Waals surface area (Å²) in [5, 5.41) is 1.90. The number of sulfonamides is 1. The molecule has 21 heavy (non-hydrogen) atoms. The Morgan fingerprint density at radius 1 is 1.19 bits per heavy atom. The average molecular weight is 329 g/mol. The van der Waals surface area contributed by atoms with Gasteiger partial charge in [0.1, 0.15) is 11.6 Å². The van der Waals surface area contributed by atoms with Gasteiger partial charge < -0.3 is 4.74 Å². The Kier molecular flexibility index (Phi) is 5.72. The fourth-order valence-corrected chi connectivity index (χ4v) is 3.39. The number of nitrogens with one attached hydrogen (secondary N) is 1. The predicted molar refractivity (Wildman–Crippen MR) is 81.5 cm³/mol. The highest BCUT2D eigenvalue weighted by atomic mass is 32.2. The molecule has 0 unspecified atom stereocenters. The van der Waals surface area contributed by atoms with Crippen LogP contribution in [0.25, 0.3) is 0 Å². The van der Waals surface area contributed by atoms with E-state index in [0.29, 0.717) is 18.7 Å². The summed E-state index contributed by atoms with van der Waals surface area (Å²) in [6.45, 7) is 0.588. The van der Waals surface area contributed by atoms with E-state index < -0.39 is 10.0 Å². The van der Waals surface area contributed by atoms with E-state index in [1.165, 1.54) is 35.6 Å². The zero-order valence-corrected chi connectivity index (χ0v) is 12.9. The lowest BCUT2D eigenvalue weighted by atomic mass is 10.3. The molecule has 1 aromatic heterocycles. The summed E-state index contributed by atoms with van der Waals surface area (Å²) < 4.78 is 44.1. The highest BCUT2D eigenvalue weighted by Crippen LogP contribution is 2.11. The van der Waals surface area contributed by atoms with Crippen molar-refractivity contribution in [3.63, 3.8) is 0 Å². The Balaban J connectivity index is 1.68. The fraction of sp³-hybridized carbons (Fsp3) is 0.286. The van der Waals surface area contributed by atoms with Crippen molar-refractivity contribution in [2.75, 3.05) is 12.4 Å². The zero-order valence-electron chi connectivity index (χ0n) is 11.3. The van der Waals surface area contributed by atoms with E-state index in [-0.39, 0.29) is 18.2 Å². The van der Waals surface area contributed by atoms with E-state index >= 15 is 0 Å². The second-order valence-electron chi connectivity index (χ2n) is 4.38. The van der Waals surface area contributed by atoms with Gasteiger partial charge in [0.15, 0.2) is 0 Å². The van der Waals surface area contributed by atoms with Crippen LogP contribution in [0.2, 0.25) is 0 Å². The molecule has 0 aliphatic rings. The van der Waals surface area contributed by atoms with Crippen LogP contribution < -0.4 is 9.46 Å². The van der Waals surface area contributed by atoms with Crippen LogP contribution in [-0.2, 0) is 16.6 Å². The van der Waals surface area contributed by atoms with Gasteiger partial charge in [-0.15, -0.1) is 11.3 Å². The smallest absolute Gasteiger partial charge is 0.212 e. The number of benzene rings is 1. The number of hydrogen-bond acceptors (Lipinski definition) is 4. The van der Waals surface area contributed by atoms with Crippen molar-refractivity contribution < 1.29 is 17.5 Å². The van der Waals surface area contributed by atoms with Crippen LogP contribution in [0.4, 0.5) is 4.39 Å². The van der Waals surface area contributed by atoms with E-state index in [9.17, 15) is 12.8 Å². The first-order valence-corrected chi connectivity index (χ1v) is 8.96. The van der Waals surface area contributed by atoms with Gasteiger partial charge in [0.25, 0.3) is 0 Å². The summed E-state index contributed by atoms with van der Waals surface area (Å²) >= 11 is 1.51. The van der Waals surface area contributed by atoms with Crippen LogP contribution in [0.5, 0.6) is 5.75 Å². The molecule has 114 valence electrons. The van der Waals surface area contributed by atoms with Crippen LogP contribution in [0.15, 0.2) is 41.8 Å². The van der Waals surface area contributed by atoms with Crippen molar-refractivity contribution in [3.8, 4) is 5.75 Å². The molecule has 2 aromatic rings. The van der Waals surface area contributed by atoms with Gasteiger partial charge in [-0.3, -0.25) is 0 Å². The van der Waals surface area contributed by atoms with Crippen molar-refractivity contribution in [2.24, 2.45) is 0 Å². The lowest BCUT2D eigenvalue weighted by molar-refractivity contribution is 0.317. The van der Waals surface area contributed by atoms with Crippen LogP contribution in [0, 0.1) is 5.82 Å². The molecule has 7 heteroatoms. The minimum absolute atomic E-state index is 0.000427. The van der Waals surface area contributed by atoms with E-state index in [1.54, 1.807) is 0 Å². The first-order chi connectivity index (χ1) is 10.1. The van der Waals surface area contributed by atoms with Gasteiger partial charge >= 0.3 is 0 Å². The molecule has 1 heterocycles. The molecule has 0 bridgehead atoms. The van der Waals surface area contributed by atoms with Crippen molar-refractivity contribution in [2.45, 2.75) is 13.0 Å². The van der Waals surface area contributed by atoms with Crippen molar-refractivity contribution in [1.29, 1.82) is 0 Å². The fourth-order valence-electron chi connectivity index (χ4n) is 1.64. The topological polar surface area (TPSA) is 55.4 Å². The first-order valence-electron chi connectivity index (χ1n) is 6.43. The highest BCUT2D eigenvalue weighted by Gasteiger charge is 2.10. The zero-order chi connectivity index (χ0) is 15.1. The quantitative estimate of drug-likeness (QED) is 0.758. The SMILES string of the molecule is O=S(=O)(CCCOc1ccc(F)cc1)NCc1cccs1. The largest absolute Gasteiger partial charge is 0.494 e. The molecule has 0 spiro atoms. The third-order valence-corrected chi connectivity index (χ3v) is 4.97. The van der Waals surface area contributed by atoms with Gasteiger partial charge in [0.05, 0.1) is 12.4 Å². The van der Waals surface area contributed by atoms with Crippen molar-refractivity contribution >= 4 is 21.4 Å². The van der Waals surface area contributed by atoms with Gasteiger partial charge in [0.2, 0.25) is 10.0 Å². The number of ether oxygens (including phenoxy) is 1. The minimum atomic E-state index is -3.30. The Hall–Kier alpha value is -1.44. The lowest BCUT2D eigenvalue weighted by Crippen LogP contribution is -2.26. The maximum absolute atomic E-state index is 12.7. The summed E-state index contributed by atoms with van der Waals surface area (Å²) in [6.07, 6.45) is 0.372. The molecule has 1 N–H and O–H groups in total. The Labute approximate surface area is 127 Å². The summed E-state index contributed by atoms with van der Waals surface area (Å²) in [5.41, 5.74) is 0. The average Bonchev–Trinajstić information content (AvgIpc) is 2.97. The first kappa shape index (κ1) is 15.9. The van der Waals surface area contributed by atoms with Gasteiger partial charge in [-0.1, -0.05) is 6.07 Å². The monoisotopic (exact) mass is 329 g/mol. The van der Waals surface area contributed by atoms with E-state index in [0.717, 1.165) is 4.88 Å². The molecule has 0 aliphatic carbocycles. The van der Waals surface area contributed by atoms with E-state index in [2.05, 4.69) is 4.72 Å². The van der Waals surface area contributed by atoms with E-state index in [1.807, 2.05) is 17.5 Å². The van der Waals surface area contributed by atoms with Gasteiger partial charge in [-0.25, -0.2) is 17.5 Å². The minimum Gasteiger partial charge on any atom is -0.494 e. The Bertz CT molecular complexity index is 639. The van der Waals surface area contributed by atoms with Crippen LogP contribution in [-0.4, -0.2) is 20.8 Å². The van der Waals surface area contributed by atoms with Crippen molar-refractivity contribution in [1.82, 2.24) is 4.72 Å². The highest BCUT2D eigenvalue weighted by molar-refractivity contribution is 7.89. The van der Waals surface area contributed by atoms with Gasteiger partial charge in [-0.2, -0.15) is 0 Å². The van der Waals surface area contributed by atoms with Crippen molar-refractivity contribution in [3.05, 3.63) is 52.5 Å². The van der Waals surface area contributed by atoms with Crippen LogP contribution in [0.3, 0.4) is 0 Å². The van der Waals surface area contributed by atoms with E-state index in [4.69, 9.17) is 4.74 Å².